The molecule has 1 aromatic carbocycles. The fourth-order valence-electron chi connectivity index (χ4n) is 2.78. The van der Waals surface area contributed by atoms with Crippen molar-refractivity contribution in [2.75, 3.05) is 26.7 Å². The zero-order valence-electron chi connectivity index (χ0n) is 17.8. The summed E-state index contributed by atoms with van der Waals surface area (Å²) in [5.74, 6) is 1.18. The van der Waals surface area contributed by atoms with E-state index in [0.29, 0.717) is 12.5 Å². The van der Waals surface area contributed by atoms with Gasteiger partial charge in [-0.05, 0) is 44.4 Å². The third kappa shape index (κ3) is 9.52. The van der Waals surface area contributed by atoms with Crippen LogP contribution in [0, 0.1) is 5.92 Å². The van der Waals surface area contributed by atoms with Crippen molar-refractivity contribution in [3.8, 4) is 0 Å². The topological polar surface area (TPSA) is 91.8 Å². The predicted molar refractivity (Wildman–Crippen MR) is 116 cm³/mol. The second-order valence-corrected chi connectivity index (χ2v) is 8.86. The van der Waals surface area contributed by atoms with Crippen LogP contribution in [-0.2, 0) is 27.1 Å². The molecule has 0 aliphatic carbocycles. The number of hydrogen-bond donors (Lipinski definition) is 3. The molecule has 7 nitrogen and oxygen atoms in total. The number of guanidine groups is 1. The number of ether oxygens (including phenoxy) is 1. The number of nitrogens with zero attached hydrogens (tertiary/aromatic N) is 1. The van der Waals surface area contributed by atoms with Crippen LogP contribution in [0.15, 0.2) is 29.3 Å². The van der Waals surface area contributed by atoms with Crippen LogP contribution in [0.2, 0.25) is 0 Å². The Morgan fingerprint density at radius 2 is 1.89 bits per heavy atom. The number of aliphatic imine (C=N–C) groups is 1. The smallest absolute Gasteiger partial charge is 0.215 e. The molecule has 1 aromatic rings. The van der Waals surface area contributed by atoms with E-state index in [0.717, 1.165) is 43.2 Å². The van der Waals surface area contributed by atoms with Crippen LogP contribution in [-0.4, -0.2) is 47.2 Å². The molecule has 0 amide bonds. The Kier molecular flexibility index (Phi) is 11.1. The fraction of sp³-hybridized carbons (Fsp3) is 0.650. The Morgan fingerprint density at radius 3 is 2.50 bits per heavy atom. The van der Waals surface area contributed by atoms with Crippen molar-refractivity contribution in [2.45, 2.75) is 52.5 Å². The molecule has 0 radical (unpaired) electrons. The van der Waals surface area contributed by atoms with Gasteiger partial charge in [-0.25, -0.2) is 18.1 Å². The first-order valence-corrected chi connectivity index (χ1v) is 11.6. The van der Waals surface area contributed by atoms with Gasteiger partial charge in [0.05, 0.1) is 18.4 Å². The van der Waals surface area contributed by atoms with Crippen molar-refractivity contribution in [3.63, 3.8) is 0 Å². The maximum Gasteiger partial charge on any atom is 0.215 e. The summed E-state index contributed by atoms with van der Waals surface area (Å²) in [6.07, 6.45) is 1.14. The second kappa shape index (κ2) is 12.7. The molecular weight excluding hydrogens is 376 g/mol. The van der Waals surface area contributed by atoms with E-state index in [9.17, 15) is 8.42 Å². The highest BCUT2D eigenvalue weighted by molar-refractivity contribution is 7.88. The summed E-state index contributed by atoms with van der Waals surface area (Å²) in [6.45, 7) is 11.1. The lowest BCUT2D eigenvalue weighted by molar-refractivity contribution is 0.0258. The molecule has 0 bridgehead atoms. The first kappa shape index (κ1) is 24.4. The highest BCUT2D eigenvalue weighted by atomic mass is 32.2. The normalized spacial score (nSPS) is 13.6. The summed E-state index contributed by atoms with van der Waals surface area (Å²) in [4.78, 5) is 4.62. The Labute approximate surface area is 170 Å². The van der Waals surface area contributed by atoms with E-state index >= 15 is 0 Å². The van der Waals surface area contributed by atoms with Gasteiger partial charge in [-0.2, -0.15) is 0 Å². The van der Waals surface area contributed by atoms with Gasteiger partial charge in [0.2, 0.25) is 10.0 Å². The molecule has 1 rings (SSSR count). The molecule has 160 valence electrons. The van der Waals surface area contributed by atoms with Crippen LogP contribution >= 0.6 is 0 Å². The molecule has 0 fully saturated rings. The average Bonchev–Trinajstić information content (AvgIpc) is 2.65. The fourth-order valence-corrected chi connectivity index (χ4v) is 3.54. The minimum absolute atomic E-state index is 0.0343. The van der Waals surface area contributed by atoms with Gasteiger partial charge in [0.25, 0.3) is 0 Å². The number of nitrogens with one attached hydrogen (secondary N) is 3. The van der Waals surface area contributed by atoms with Gasteiger partial charge >= 0.3 is 0 Å². The minimum atomic E-state index is -3.28. The average molecular weight is 413 g/mol. The van der Waals surface area contributed by atoms with Gasteiger partial charge in [-0.1, -0.05) is 38.1 Å². The number of sulfonamides is 1. The first-order valence-electron chi connectivity index (χ1n) is 9.94. The third-order valence-corrected chi connectivity index (χ3v) is 5.60. The van der Waals surface area contributed by atoms with E-state index in [-0.39, 0.29) is 11.9 Å². The summed E-state index contributed by atoms with van der Waals surface area (Å²) < 4.78 is 31.6. The van der Waals surface area contributed by atoms with Crippen LogP contribution in [0.25, 0.3) is 0 Å². The highest BCUT2D eigenvalue weighted by Crippen LogP contribution is 2.11. The van der Waals surface area contributed by atoms with Crippen LogP contribution in [0.3, 0.4) is 0 Å². The summed E-state index contributed by atoms with van der Waals surface area (Å²) in [7, 11) is -1.86. The van der Waals surface area contributed by atoms with Crippen molar-refractivity contribution < 1.29 is 13.2 Å². The largest absolute Gasteiger partial charge is 0.378 e. The van der Waals surface area contributed by atoms with Crippen molar-refractivity contribution >= 4 is 16.0 Å². The van der Waals surface area contributed by atoms with Gasteiger partial charge in [0, 0.05) is 19.7 Å². The van der Waals surface area contributed by atoms with Gasteiger partial charge in [-0.15, -0.1) is 0 Å². The molecule has 0 aliphatic heterocycles. The molecule has 0 aliphatic rings. The standard InChI is InChI=1S/C20H36N4O3S/c1-6-22-20(23-12-11-19(16(3)4)27-7-2)24-14-17-9-8-10-18(13-17)15-28(25,26)21-5/h8-10,13,16,19,21H,6-7,11-12,14-15H2,1-5H3,(H2,22,23,24). The van der Waals surface area contributed by atoms with E-state index in [1.54, 1.807) is 0 Å². The molecule has 1 unspecified atom stereocenters. The van der Waals surface area contributed by atoms with E-state index in [4.69, 9.17) is 4.74 Å². The van der Waals surface area contributed by atoms with Gasteiger partial charge in [0.15, 0.2) is 5.96 Å². The summed E-state index contributed by atoms with van der Waals surface area (Å²) in [5, 5.41) is 6.59. The number of rotatable bonds is 12. The molecule has 1 atom stereocenters. The van der Waals surface area contributed by atoms with Crippen LogP contribution < -0.4 is 15.4 Å². The lowest BCUT2D eigenvalue weighted by Crippen LogP contribution is -2.39. The zero-order chi connectivity index (χ0) is 21.0. The van der Waals surface area contributed by atoms with E-state index in [1.807, 2.05) is 38.1 Å². The van der Waals surface area contributed by atoms with E-state index in [2.05, 4.69) is 34.2 Å². The van der Waals surface area contributed by atoms with Crippen molar-refractivity contribution in [1.29, 1.82) is 0 Å². The Bertz CT molecular complexity index is 705. The maximum atomic E-state index is 11.7. The van der Waals surface area contributed by atoms with Crippen molar-refractivity contribution in [2.24, 2.45) is 10.9 Å². The molecule has 0 saturated carbocycles. The summed E-state index contributed by atoms with van der Waals surface area (Å²) in [5.41, 5.74) is 1.71. The Hall–Kier alpha value is -1.64. The van der Waals surface area contributed by atoms with Crippen LogP contribution in [0.4, 0.5) is 0 Å². The third-order valence-electron chi connectivity index (χ3n) is 4.27. The number of hydrogen-bond acceptors (Lipinski definition) is 4. The molecule has 8 heteroatoms. The van der Waals surface area contributed by atoms with Crippen molar-refractivity contribution in [1.82, 2.24) is 15.4 Å². The Morgan fingerprint density at radius 1 is 1.18 bits per heavy atom. The predicted octanol–water partition coefficient (Wildman–Crippen LogP) is 2.24. The monoisotopic (exact) mass is 412 g/mol. The lowest BCUT2D eigenvalue weighted by Gasteiger charge is -2.21. The highest BCUT2D eigenvalue weighted by Gasteiger charge is 2.13. The van der Waals surface area contributed by atoms with Gasteiger partial charge < -0.3 is 15.4 Å². The molecule has 0 saturated heterocycles. The van der Waals surface area contributed by atoms with Crippen LogP contribution in [0.5, 0.6) is 0 Å². The van der Waals surface area contributed by atoms with E-state index in [1.165, 1.54) is 7.05 Å². The molecular formula is C20H36N4O3S. The minimum Gasteiger partial charge on any atom is -0.378 e. The van der Waals surface area contributed by atoms with Gasteiger partial charge in [-0.3, -0.25) is 0 Å². The van der Waals surface area contributed by atoms with E-state index < -0.39 is 10.0 Å². The summed E-state index contributed by atoms with van der Waals surface area (Å²) >= 11 is 0. The molecule has 0 spiro atoms. The quantitative estimate of drug-likeness (QED) is 0.362. The molecule has 28 heavy (non-hydrogen) atoms. The lowest BCUT2D eigenvalue weighted by atomic mass is 10.0. The summed E-state index contributed by atoms with van der Waals surface area (Å²) in [6, 6.07) is 7.50. The van der Waals surface area contributed by atoms with Crippen LogP contribution in [0.1, 0.15) is 45.2 Å². The van der Waals surface area contributed by atoms with Crippen molar-refractivity contribution in [3.05, 3.63) is 35.4 Å². The Balaban J connectivity index is 2.69. The van der Waals surface area contributed by atoms with Gasteiger partial charge in [0.1, 0.15) is 0 Å². The maximum absolute atomic E-state index is 11.7. The zero-order valence-corrected chi connectivity index (χ0v) is 18.6. The SMILES string of the molecule is CCNC(=NCc1cccc(CS(=O)(=O)NC)c1)NCCC(OCC)C(C)C. The first-order chi connectivity index (χ1) is 13.3. The second-order valence-electron chi connectivity index (χ2n) is 6.93. The number of benzene rings is 1. The molecule has 0 aromatic heterocycles. The molecule has 3 N–H and O–H groups in total. The molecule has 0 heterocycles.